The third-order valence-electron chi connectivity index (χ3n) is 16.4. The van der Waals surface area contributed by atoms with Gasteiger partial charge in [-0.05, 0) is 169 Å². The molecule has 0 amide bonds. The van der Waals surface area contributed by atoms with Crippen LogP contribution in [0.5, 0.6) is 0 Å². The maximum Gasteiger partial charge on any atom is 0.426 e. The van der Waals surface area contributed by atoms with Gasteiger partial charge in [0, 0.05) is 6.08 Å². The lowest BCUT2D eigenvalue weighted by Crippen LogP contribution is -2.58. The molecule has 0 spiro atoms. The van der Waals surface area contributed by atoms with E-state index >= 15 is 0 Å². The lowest BCUT2D eigenvalue weighted by Gasteiger charge is -2.53. The van der Waals surface area contributed by atoms with Crippen LogP contribution in [0.15, 0.2) is 12.7 Å². The van der Waals surface area contributed by atoms with Crippen LogP contribution in [0.25, 0.3) is 0 Å². The molecule has 8 fully saturated rings. The lowest BCUT2D eigenvalue weighted by atomic mass is 9.55. The van der Waals surface area contributed by atoms with E-state index in [9.17, 15) is 67.1 Å². The van der Waals surface area contributed by atoms with Crippen LogP contribution in [0, 0.1) is 70.5 Å². The van der Waals surface area contributed by atoms with Crippen LogP contribution in [-0.4, -0.2) is 91.1 Å². The Kier molecular flexibility index (Phi) is 21.5. The summed E-state index contributed by atoms with van der Waals surface area (Å²) in [5.41, 5.74) is -9.52. The molecule has 70 heavy (non-hydrogen) atoms. The van der Waals surface area contributed by atoms with Crippen molar-refractivity contribution in [2.75, 3.05) is 21.0 Å². The summed E-state index contributed by atoms with van der Waals surface area (Å²) < 4.78 is 170. The molecule has 21 heteroatoms. The van der Waals surface area contributed by atoms with Gasteiger partial charge in [-0.25, -0.2) is 4.79 Å². The van der Waals surface area contributed by atoms with E-state index in [2.05, 4.69) is 16.1 Å². The highest BCUT2D eigenvalue weighted by molar-refractivity contribution is 5.80. The first kappa shape index (κ1) is 61.5. The Morgan fingerprint density at radius 3 is 1.23 bits per heavy atom. The van der Waals surface area contributed by atoms with Crippen LogP contribution in [0.4, 0.5) is 52.7 Å². The second-order valence-electron chi connectivity index (χ2n) is 21.4. The van der Waals surface area contributed by atoms with Crippen molar-refractivity contribution in [3.63, 3.8) is 0 Å². The molecule has 7 atom stereocenters. The van der Waals surface area contributed by atoms with E-state index < -0.39 is 72.0 Å². The minimum Gasteiger partial charge on any atom is -0.469 e. The van der Waals surface area contributed by atoms with Crippen molar-refractivity contribution in [1.29, 1.82) is 0 Å². The highest BCUT2D eigenvalue weighted by Gasteiger charge is 2.72. The molecule has 8 rings (SSSR count). The SMILES string of the molecule is C=CC(=O)OC.CCC(C)(C)C(=O)OCOC1C2CC3CC(C2)CC1C3.CCC(C)C(=O)OC.OC(CC1CC2CCC1C2)(C(F)(F)F)C(F)(F)F.OC(CC1CC2CCC1C2)(C(F)(F)F)C(F)(F)F. The number of esters is 3. The summed E-state index contributed by atoms with van der Waals surface area (Å²) in [6, 6.07) is 0. The number of carbonyl (C=O) groups is 3. The van der Waals surface area contributed by atoms with Crippen LogP contribution < -0.4 is 0 Å². The monoisotopic (exact) mass is 1030 g/mol. The number of halogens is 12. The second-order valence-corrected chi connectivity index (χ2v) is 21.4. The molecule has 8 saturated carbocycles. The largest absolute Gasteiger partial charge is 0.469 e. The predicted molar refractivity (Wildman–Crippen MR) is 232 cm³/mol. The van der Waals surface area contributed by atoms with Gasteiger partial charge in [0.15, 0.2) is 6.79 Å². The molecule has 0 aromatic carbocycles. The number of methoxy groups -OCH3 is 2. The summed E-state index contributed by atoms with van der Waals surface area (Å²) in [5.74, 6) is 1.74. The molecule has 8 bridgehead atoms. The molecule has 0 aliphatic heterocycles. The molecule has 0 radical (unpaired) electrons. The molecular weight excluding hydrogens is 961 g/mol. The number of carbonyl (C=O) groups excluding carboxylic acids is 3. The van der Waals surface area contributed by atoms with Crippen LogP contribution in [0.1, 0.15) is 144 Å². The highest BCUT2D eigenvalue weighted by Crippen LogP contribution is 2.58. The van der Waals surface area contributed by atoms with Crippen molar-refractivity contribution in [2.24, 2.45) is 70.5 Å². The lowest BCUT2D eigenvalue weighted by molar-refractivity contribution is -0.373. The summed E-state index contributed by atoms with van der Waals surface area (Å²) >= 11 is 0. The number of rotatable bonds is 12. The number of alkyl halides is 12. The average molecular weight is 1040 g/mol. The van der Waals surface area contributed by atoms with E-state index in [0.29, 0.717) is 44.6 Å². The van der Waals surface area contributed by atoms with Gasteiger partial charge in [-0.1, -0.05) is 40.2 Å². The molecule has 9 nitrogen and oxygen atoms in total. The summed E-state index contributed by atoms with van der Waals surface area (Å²) in [4.78, 5) is 32.3. The quantitative estimate of drug-likeness (QED) is 0.0645. The third-order valence-corrected chi connectivity index (χ3v) is 16.4. The maximum atomic E-state index is 12.5. The summed E-state index contributed by atoms with van der Waals surface area (Å²) in [7, 11) is 2.72. The van der Waals surface area contributed by atoms with E-state index in [0.717, 1.165) is 55.4 Å². The van der Waals surface area contributed by atoms with Gasteiger partial charge in [0.25, 0.3) is 11.2 Å². The van der Waals surface area contributed by atoms with Gasteiger partial charge in [-0.15, -0.1) is 0 Å². The van der Waals surface area contributed by atoms with Gasteiger partial charge in [-0.3, -0.25) is 9.59 Å². The molecular formula is C49H74F12O9. The smallest absolute Gasteiger partial charge is 0.426 e. The Morgan fingerprint density at radius 2 is 0.986 bits per heavy atom. The number of hydrogen-bond donors (Lipinski definition) is 2. The zero-order valence-electron chi connectivity index (χ0n) is 41.2. The summed E-state index contributed by atoms with van der Waals surface area (Å²) in [5, 5.41) is 18.2. The molecule has 2 N–H and O–H groups in total. The first-order valence-corrected chi connectivity index (χ1v) is 24.4. The molecule has 0 saturated heterocycles. The van der Waals surface area contributed by atoms with Gasteiger partial charge in [0.2, 0.25) is 0 Å². The van der Waals surface area contributed by atoms with Gasteiger partial charge in [-0.2, -0.15) is 52.7 Å². The van der Waals surface area contributed by atoms with Crippen molar-refractivity contribution in [1.82, 2.24) is 0 Å². The maximum absolute atomic E-state index is 12.5. The fraction of sp³-hybridized carbons (Fsp3) is 0.898. The summed E-state index contributed by atoms with van der Waals surface area (Å²) in [6.07, 6.45) is -9.97. The number of aliphatic hydroxyl groups is 2. The number of hydrogen-bond acceptors (Lipinski definition) is 9. The van der Waals surface area contributed by atoms with Crippen molar-refractivity contribution in [2.45, 2.75) is 186 Å². The van der Waals surface area contributed by atoms with Crippen LogP contribution in [-0.2, 0) is 33.3 Å². The average Bonchev–Trinajstić information content (AvgIpc) is 4.10. The van der Waals surface area contributed by atoms with E-state index in [4.69, 9.17) is 19.7 Å². The predicted octanol–water partition coefficient (Wildman–Crippen LogP) is 12.7. The Morgan fingerprint density at radius 1 is 0.600 bits per heavy atom. The topological polar surface area (TPSA) is 129 Å². The molecule has 0 aromatic rings. The van der Waals surface area contributed by atoms with Crippen molar-refractivity contribution < 1.29 is 96.2 Å². The number of ether oxygens (including phenoxy) is 4. The molecule has 7 unspecified atom stereocenters. The van der Waals surface area contributed by atoms with E-state index in [1.165, 1.54) is 46.3 Å². The first-order valence-electron chi connectivity index (χ1n) is 24.4. The first-order chi connectivity index (χ1) is 32.1. The van der Waals surface area contributed by atoms with Crippen molar-refractivity contribution in [3.05, 3.63) is 12.7 Å². The second kappa shape index (κ2) is 24.5. The molecule has 0 heterocycles. The van der Waals surface area contributed by atoms with E-state index in [-0.39, 0.29) is 48.3 Å². The van der Waals surface area contributed by atoms with Gasteiger partial charge < -0.3 is 29.2 Å². The minimum absolute atomic E-state index is 0.0556. The van der Waals surface area contributed by atoms with E-state index in [1.807, 2.05) is 34.6 Å². The fourth-order valence-electron chi connectivity index (χ4n) is 11.9. The molecule has 408 valence electrons. The summed E-state index contributed by atoms with van der Waals surface area (Å²) in [6.45, 7) is 13.0. The van der Waals surface area contributed by atoms with E-state index in [1.54, 1.807) is 0 Å². The molecule has 8 aliphatic rings. The van der Waals surface area contributed by atoms with Gasteiger partial charge in [0.05, 0.1) is 31.7 Å². The van der Waals surface area contributed by atoms with Crippen LogP contribution in [0.3, 0.4) is 0 Å². The van der Waals surface area contributed by atoms with Crippen molar-refractivity contribution >= 4 is 17.9 Å². The Hall–Kier alpha value is -2.81. The minimum atomic E-state index is -5.67. The normalized spacial score (nSPS) is 30.3. The highest BCUT2D eigenvalue weighted by atomic mass is 19.4. The Balaban J connectivity index is 0.000000245. The van der Waals surface area contributed by atoms with Crippen molar-refractivity contribution in [3.8, 4) is 0 Å². The Labute approximate surface area is 403 Å². The Bertz CT molecular complexity index is 1570. The zero-order valence-corrected chi connectivity index (χ0v) is 41.2. The molecule has 0 aromatic heterocycles. The number of fused-ring (bicyclic) bond motifs is 4. The fourth-order valence-corrected chi connectivity index (χ4v) is 11.9. The third kappa shape index (κ3) is 15.4. The molecule has 8 aliphatic carbocycles. The van der Waals surface area contributed by atoms with Gasteiger partial charge in [0.1, 0.15) is 0 Å². The zero-order chi connectivity index (χ0) is 53.4. The van der Waals surface area contributed by atoms with Gasteiger partial charge >= 0.3 is 42.6 Å². The van der Waals surface area contributed by atoms with Crippen LogP contribution in [0.2, 0.25) is 0 Å². The standard InChI is InChI=1S/C17H28O3.2C11H14F6O.C6H12O2.C4H6O2/c1-4-17(2,3)16(18)20-10-19-15-13-6-11-5-12(8-13)9-14(15)7-11;2*12-10(13,14)9(18,11(15,16)17)5-8-4-6-1-2-7(8)3-6;1-4-5(2)6(7)8-3;1-3-4(5)6-2/h11-15H,4-10H2,1-3H3;2*6-8,18H,1-5H2;5H,4H2,1-3H3;3H,1H2,2H3. The van der Waals surface area contributed by atoms with Crippen LogP contribution >= 0.6 is 0 Å².